The minimum absolute atomic E-state index is 0.0348. The molecule has 1 spiro atoms. The van der Waals surface area contributed by atoms with Crippen molar-refractivity contribution >= 4 is 42.1 Å². The molecule has 1 saturated carbocycles. The topological polar surface area (TPSA) is 84.9 Å². The first-order chi connectivity index (χ1) is 18.4. The number of alkyl halides is 1. The highest BCUT2D eigenvalue weighted by atomic mass is 31.1. The van der Waals surface area contributed by atoms with Crippen molar-refractivity contribution in [3.8, 4) is 0 Å². The zero-order valence-electron chi connectivity index (χ0n) is 22.9. The smallest absolute Gasteiger partial charge is 0.322 e. The van der Waals surface area contributed by atoms with Crippen LogP contribution >= 0.6 is 18.5 Å². The number of amides is 3. The molecule has 1 aromatic carbocycles. The van der Waals surface area contributed by atoms with E-state index in [1.165, 1.54) is 5.56 Å². The lowest BCUT2D eigenvalue weighted by atomic mass is 9.69. The molecule has 0 bridgehead atoms. The van der Waals surface area contributed by atoms with E-state index in [1.54, 1.807) is 22.9 Å². The molecule has 2 saturated heterocycles. The van der Waals surface area contributed by atoms with Gasteiger partial charge in [-0.15, -0.1) is 0 Å². The van der Waals surface area contributed by atoms with Gasteiger partial charge in [-0.3, -0.25) is 14.6 Å². The van der Waals surface area contributed by atoms with Crippen molar-refractivity contribution in [2.24, 2.45) is 0 Å². The Bertz CT molecular complexity index is 1220. The minimum atomic E-state index is -1.94. The molecule has 2 aromatic rings. The minimum Gasteiger partial charge on any atom is -0.339 e. The summed E-state index contributed by atoms with van der Waals surface area (Å²) in [6, 6.07) is 10.3. The zero-order chi connectivity index (χ0) is 28.0. The summed E-state index contributed by atoms with van der Waals surface area (Å²) in [7, 11) is 8.59. The summed E-state index contributed by atoms with van der Waals surface area (Å²) in [5.41, 5.74) is 1.29. The average molecular weight is 574 g/mol. The van der Waals surface area contributed by atoms with Gasteiger partial charge in [-0.05, 0) is 45.3 Å². The summed E-state index contributed by atoms with van der Waals surface area (Å²) in [6.45, 7) is 4.24. The SMILES string of the molecule is CC(=O)N1CCN(c2ncc(N3C[C@]4(CC[C@](c5ccccc5)(N(C)C)CC4)NC3=O)c(C(F)(P)P)n2)CC1. The molecule has 210 valence electrons. The molecular formula is C27H38FN7O2P2. The molecule has 1 N–H and O–H groups in total. The number of urea groups is 1. The van der Waals surface area contributed by atoms with Crippen LogP contribution in [0.4, 0.5) is 20.8 Å². The standard InChI is InChI=1S/C27H38FN7O2P2/c1-19(36)33-13-15-34(16-14-33)23-29-17-21(22(30-23)27(28,38)39)35-18-25(31-24(35)37)9-11-26(12-10-25,32(2)3)20-7-5-4-6-8-20/h4-8,17H,9-16,18,38-39H2,1-3H3,(H,31,37)/t25-,26+. The van der Waals surface area contributed by atoms with Crippen LogP contribution in [0.15, 0.2) is 36.5 Å². The largest absolute Gasteiger partial charge is 0.339 e. The van der Waals surface area contributed by atoms with Gasteiger partial charge in [0.2, 0.25) is 11.9 Å². The summed E-state index contributed by atoms with van der Waals surface area (Å²) in [5.74, 6) is 0.432. The van der Waals surface area contributed by atoms with Gasteiger partial charge in [0.05, 0.1) is 24.0 Å². The molecule has 3 fully saturated rings. The summed E-state index contributed by atoms with van der Waals surface area (Å²) >= 11 is 0. The highest BCUT2D eigenvalue weighted by Crippen LogP contribution is 2.48. The molecule has 2 unspecified atom stereocenters. The first kappa shape index (κ1) is 28.1. The highest BCUT2D eigenvalue weighted by Gasteiger charge is 2.51. The Kier molecular flexibility index (Phi) is 7.60. The lowest BCUT2D eigenvalue weighted by molar-refractivity contribution is -0.129. The van der Waals surface area contributed by atoms with E-state index in [9.17, 15) is 9.59 Å². The molecule has 3 amide bonds. The number of piperazine rings is 1. The molecule has 3 heterocycles. The van der Waals surface area contributed by atoms with Gasteiger partial charge in [0, 0.05) is 38.6 Å². The fourth-order valence-corrected chi connectivity index (χ4v) is 6.71. The molecule has 39 heavy (non-hydrogen) atoms. The summed E-state index contributed by atoms with van der Waals surface area (Å²) in [4.78, 5) is 41.8. The van der Waals surface area contributed by atoms with Crippen molar-refractivity contribution in [1.82, 2.24) is 25.1 Å². The Labute approximate surface area is 234 Å². The number of nitrogens with one attached hydrogen (secondary N) is 1. The van der Waals surface area contributed by atoms with Gasteiger partial charge in [-0.25, -0.2) is 19.2 Å². The van der Waals surface area contributed by atoms with Crippen LogP contribution in [0.5, 0.6) is 0 Å². The first-order valence-electron chi connectivity index (χ1n) is 13.4. The third-order valence-corrected chi connectivity index (χ3v) is 9.24. The number of rotatable bonds is 5. The van der Waals surface area contributed by atoms with Crippen molar-refractivity contribution in [3.63, 3.8) is 0 Å². The normalized spacial score (nSPS) is 25.9. The Balaban J connectivity index is 1.37. The van der Waals surface area contributed by atoms with E-state index in [0.717, 1.165) is 25.7 Å². The Morgan fingerprint density at radius 3 is 2.28 bits per heavy atom. The van der Waals surface area contributed by atoms with Gasteiger partial charge in [-0.1, -0.05) is 48.8 Å². The number of carbonyl (C=O) groups excluding carboxylic acids is 2. The molecule has 5 rings (SSSR count). The maximum atomic E-state index is 15.5. The Morgan fingerprint density at radius 2 is 1.72 bits per heavy atom. The maximum absolute atomic E-state index is 15.5. The number of hydrogen-bond donors (Lipinski definition) is 1. The number of nitrogens with zero attached hydrogens (tertiary/aromatic N) is 6. The van der Waals surface area contributed by atoms with E-state index in [0.29, 0.717) is 44.4 Å². The Morgan fingerprint density at radius 1 is 1.08 bits per heavy atom. The molecule has 1 aliphatic carbocycles. The fraction of sp³-hybridized carbons (Fsp3) is 0.556. The van der Waals surface area contributed by atoms with Crippen LogP contribution in [0.3, 0.4) is 0 Å². The summed E-state index contributed by atoms with van der Waals surface area (Å²) in [5, 5.41) is 1.31. The lowest BCUT2D eigenvalue weighted by Crippen LogP contribution is -2.54. The van der Waals surface area contributed by atoms with Gasteiger partial charge < -0.3 is 15.1 Å². The van der Waals surface area contributed by atoms with Crippen LogP contribution in [0.1, 0.15) is 43.9 Å². The van der Waals surface area contributed by atoms with Crippen molar-refractivity contribution in [2.75, 3.05) is 56.6 Å². The second-order valence-corrected chi connectivity index (χ2v) is 13.6. The van der Waals surface area contributed by atoms with Crippen molar-refractivity contribution in [3.05, 3.63) is 47.8 Å². The lowest BCUT2D eigenvalue weighted by Gasteiger charge is -2.48. The van der Waals surface area contributed by atoms with Crippen LogP contribution < -0.4 is 15.1 Å². The van der Waals surface area contributed by atoms with Crippen LogP contribution in [-0.2, 0) is 15.5 Å². The molecule has 1 aromatic heterocycles. The Hall–Kier alpha value is -2.41. The van der Waals surface area contributed by atoms with E-state index in [2.05, 4.69) is 77.0 Å². The number of hydrogen-bond acceptors (Lipinski definition) is 6. The predicted octanol–water partition coefficient (Wildman–Crippen LogP) is 3.27. The molecule has 9 nitrogen and oxygen atoms in total. The molecule has 2 atom stereocenters. The average Bonchev–Trinajstić information content (AvgIpc) is 3.24. The molecular weight excluding hydrogens is 535 g/mol. The van der Waals surface area contributed by atoms with E-state index < -0.39 is 10.7 Å². The first-order valence-corrected chi connectivity index (χ1v) is 14.6. The fourth-order valence-electron chi connectivity index (χ4n) is 6.29. The van der Waals surface area contributed by atoms with Crippen LogP contribution in [0, 0.1) is 0 Å². The second kappa shape index (κ2) is 10.5. The van der Waals surface area contributed by atoms with Crippen LogP contribution in [0.2, 0.25) is 0 Å². The molecule has 2 aliphatic heterocycles. The van der Waals surface area contributed by atoms with Gasteiger partial charge in [0.15, 0.2) is 5.15 Å². The van der Waals surface area contributed by atoms with E-state index in [-0.39, 0.29) is 23.2 Å². The predicted molar refractivity (Wildman–Crippen MR) is 158 cm³/mol. The van der Waals surface area contributed by atoms with Gasteiger partial charge in [-0.2, -0.15) is 0 Å². The van der Waals surface area contributed by atoms with Crippen molar-refractivity contribution in [1.29, 1.82) is 0 Å². The number of halogens is 1. The van der Waals surface area contributed by atoms with Gasteiger partial charge in [0.25, 0.3) is 0 Å². The van der Waals surface area contributed by atoms with Crippen molar-refractivity contribution < 1.29 is 14.0 Å². The third-order valence-electron chi connectivity index (χ3n) is 8.70. The van der Waals surface area contributed by atoms with E-state index in [4.69, 9.17) is 0 Å². The monoisotopic (exact) mass is 573 g/mol. The zero-order valence-corrected chi connectivity index (χ0v) is 25.2. The number of benzene rings is 1. The molecule has 0 radical (unpaired) electrons. The summed E-state index contributed by atoms with van der Waals surface area (Å²) < 4.78 is 15.5. The maximum Gasteiger partial charge on any atom is 0.322 e. The van der Waals surface area contributed by atoms with E-state index >= 15 is 4.39 Å². The second-order valence-electron chi connectivity index (χ2n) is 11.3. The molecule has 12 heteroatoms. The van der Waals surface area contributed by atoms with Crippen molar-refractivity contribution in [2.45, 2.75) is 48.8 Å². The van der Waals surface area contributed by atoms with Gasteiger partial charge >= 0.3 is 6.03 Å². The molecule has 3 aliphatic rings. The number of anilines is 2. The quantitative estimate of drug-likeness (QED) is 0.553. The highest BCUT2D eigenvalue weighted by molar-refractivity contribution is 7.38. The van der Waals surface area contributed by atoms with E-state index in [1.807, 2.05) is 11.0 Å². The third kappa shape index (κ3) is 5.36. The van der Waals surface area contributed by atoms with Gasteiger partial charge in [0.1, 0.15) is 5.69 Å². The number of aromatic nitrogens is 2. The summed E-state index contributed by atoms with van der Waals surface area (Å²) in [6.07, 6.45) is 4.96. The van der Waals surface area contributed by atoms with Crippen LogP contribution in [0.25, 0.3) is 0 Å². The van der Waals surface area contributed by atoms with Crippen LogP contribution in [-0.4, -0.2) is 84.1 Å². The number of carbonyl (C=O) groups is 2.